The zero-order valence-corrected chi connectivity index (χ0v) is 10.1. The second-order valence-corrected chi connectivity index (χ2v) is 3.68. The van der Waals surface area contributed by atoms with Crippen LogP contribution in [0.2, 0.25) is 0 Å². The molecule has 0 aliphatic rings. The third-order valence-corrected chi connectivity index (χ3v) is 2.62. The molecule has 1 atom stereocenters. The minimum Gasteiger partial charge on any atom is -0.497 e. The summed E-state index contributed by atoms with van der Waals surface area (Å²) in [4.78, 5) is 11.8. The Kier molecular flexibility index (Phi) is 4.29. The Morgan fingerprint density at radius 3 is 2.41 bits per heavy atom. The number of nitrogens with two attached hydrogens (primary N) is 1. The molecule has 0 aliphatic carbocycles. The smallest absolute Gasteiger partial charge is 0.330 e. The Hall–Kier alpha value is -1.81. The first-order valence-electron chi connectivity index (χ1n) is 5.21. The van der Waals surface area contributed by atoms with Gasteiger partial charge in [0.25, 0.3) is 0 Å². The van der Waals surface area contributed by atoms with Crippen molar-refractivity contribution in [3.63, 3.8) is 0 Å². The lowest BCUT2D eigenvalue weighted by atomic mass is 9.87. The van der Waals surface area contributed by atoms with Crippen LogP contribution in [0.5, 0.6) is 5.75 Å². The Morgan fingerprint density at radius 1 is 1.41 bits per heavy atom. The van der Waals surface area contributed by atoms with Gasteiger partial charge < -0.3 is 15.2 Å². The number of hydrogen-bond donors (Lipinski definition) is 1. The van der Waals surface area contributed by atoms with E-state index in [2.05, 4.69) is 6.58 Å². The largest absolute Gasteiger partial charge is 0.497 e. The molecule has 0 aliphatic heterocycles. The molecule has 0 fully saturated rings. The van der Waals surface area contributed by atoms with Crippen molar-refractivity contribution in [1.29, 1.82) is 0 Å². The standard InChI is InChI=1S/C13H17NO3/c1-4-9-13(14,12(15)17-3)10-5-7-11(16-2)8-6-10/h4-8H,1,9,14H2,2-3H3. The van der Waals surface area contributed by atoms with E-state index in [1.807, 2.05) is 0 Å². The van der Waals surface area contributed by atoms with Crippen molar-refractivity contribution in [3.8, 4) is 5.75 Å². The summed E-state index contributed by atoms with van der Waals surface area (Å²) in [6, 6.07) is 7.00. The molecule has 4 nitrogen and oxygen atoms in total. The van der Waals surface area contributed by atoms with Crippen molar-refractivity contribution in [3.05, 3.63) is 42.5 Å². The lowest BCUT2D eigenvalue weighted by Crippen LogP contribution is -2.45. The fourth-order valence-corrected chi connectivity index (χ4v) is 1.62. The topological polar surface area (TPSA) is 61.6 Å². The number of esters is 1. The minimum atomic E-state index is -1.19. The molecule has 0 aromatic heterocycles. The van der Waals surface area contributed by atoms with Crippen molar-refractivity contribution in [2.75, 3.05) is 14.2 Å². The van der Waals surface area contributed by atoms with Crippen LogP contribution in [0.3, 0.4) is 0 Å². The maximum atomic E-state index is 11.8. The molecule has 0 amide bonds. The number of methoxy groups -OCH3 is 2. The van der Waals surface area contributed by atoms with Gasteiger partial charge in [-0.2, -0.15) is 0 Å². The van der Waals surface area contributed by atoms with Gasteiger partial charge >= 0.3 is 5.97 Å². The maximum absolute atomic E-state index is 11.8. The van der Waals surface area contributed by atoms with Crippen LogP contribution >= 0.6 is 0 Å². The number of benzene rings is 1. The van der Waals surface area contributed by atoms with Gasteiger partial charge in [-0.25, -0.2) is 4.79 Å². The van der Waals surface area contributed by atoms with Crippen molar-refractivity contribution >= 4 is 5.97 Å². The van der Waals surface area contributed by atoms with Crippen LogP contribution < -0.4 is 10.5 Å². The molecule has 0 bridgehead atoms. The van der Waals surface area contributed by atoms with Crippen molar-refractivity contribution < 1.29 is 14.3 Å². The van der Waals surface area contributed by atoms with Gasteiger partial charge in [0.15, 0.2) is 0 Å². The van der Waals surface area contributed by atoms with Crippen LogP contribution in [0.4, 0.5) is 0 Å². The Morgan fingerprint density at radius 2 is 2.00 bits per heavy atom. The second kappa shape index (κ2) is 5.50. The Bertz CT molecular complexity index is 400. The average molecular weight is 235 g/mol. The molecule has 1 rings (SSSR count). The predicted molar refractivity (Wildman–Crippen MR) is 65.7 cm³/mol. The van der Waals surface area contributed by atoms with Gasteiger partial charge in [-0.1, -0.05) is 18.2 Å². The van der Waals surface area contributed by atoms with Gasteiger partial charge in [0, 0.05) is 0 Å². The monoisotopic (exact) mass is 235 g/mol. The van der Waals surface area contributed by atoms with Crippen LogP contribution in [0.1, 0.15) is 12.0 Å². The minimum absolute atomic E-state index is 0.312. The molecule has 1 aromatic rings. The Labute approximate surface area is 101 Å². The molecule has 0 heterocycles. The first kappa shape index (κ1) is 13.3. The highest BCUT2D eigenvalue weighted by Gasteiger charge is 2.35. The molecule has 0 saturated heterocycles. The second-order valence-electron chi connectivity index (χ2n) is 3.68. The van der Waals surface area contributed by atoms with Crippen LogP contribution in [0.15, 0.2) is 36.9 Å². The lowest BCUT2D eigenvalue weighted by Gasteiger charge is -2.25. The molecule has 0 saturated carbocycles. The average Bonchev–Trinajstić information content (AvgIpc) is 2.38. The summed E-state index contributed by atoms with van der Waals surface area (Å²) < 4.78 is 9.79. The third-order valence-electron chi connectivity index (χ3n) is 2.62. The molecule has 2 N–H and O–H groups in total. The molecule has 0 radical (unpaired) electrons. The number of ether oxygens (including phenoxy) is 2. The first-order valence-corrected chi connectivity index (χ1v) is 5.21. The van der Waals surface area contributed by atoms with Gasteiger partial charge in [-0.05, 0) is 24.1 Å². The van der Waals surface area contributed by atoms with Gasteiger partial charge in [0.1, 0.15) is 11.3 Å². The molecule has 1 unspecified atom stereocenters. The summed E-state index contributed by atoms with van der Waals surface area (Å²) in [5.74, 6) is 0.224. The van der Waals surface area contributed by atoms with E-state index >= 15 is 0 Å². The zero-order valence-electron chi connectivity index (χ0n) is 10.1. The van der Waals surface area contributed by atoms with E-state index in [4.69, 9.17) is 15.2 Å². The van der Waals surface area contributed by atoms with Crippen LogP contribution in [-0.4, -0.2) is 20.2 Å². The van der Waals surface area contributed by atoms with E-state index < -0.39 is 11.5 Å². The number of carbonyl (C=O) groups is 1. The van der Waals surface area contributed by atoms with Gasteiger partial charge in [-0.3, -0.25) is 0 Å². The van der Waals surface area contributed by atoms with E-state index in [1.54, 1.807) is 37.5 Å². The first-order chi connectivity index (χ1) is 8.08. The molecule has 92 valence electrons. The molecular formula is C13H17NO3. The van der Waals surface area contributed by atoms with Crippen molar-refractivity contribution in [1.82, 2.24) is 0 Å². The molecule has 4 heteroatoms. The van der Waals surface area contributed by atoms with E-state index in [1.165, 1.54) is 7.11 Å². The highest BCUT2D eigenvalue weighted by Crippen LogP contribution is 2.26. The molecule has 17 heavy (non-hydrogen) atoms. The Balaban J connectivity index is 3.12. The maximum Gasteiger partial charge on any atom is 0.330 e. The van der Waals surface area contributed by atoms with Crippen LogP contribution in [0.25, 0.3) is 0 Å². The summed E-state index contributed by atoms with van der Waals surface area (Å²) in [5.41, 5.74) is 5.57. The fraction of sp³-hybridized carbons (Fsp3) is 0.308. The number of rotatable bonds is 5. The fourth-order valence-electron chi connectivity index (χ4n) is 1.62. The van der Waals surface area contributed by atoms with E-state index in [-0.39, 0.29) is 0 Å². The molecular weight excluding hydrogens is 218 g/mol. The van der Waals surface area contributed by atoms with E-state index in [9.17, 15) is 4.79 Å². The highest BCUT2D eigenvalue weighted by molar-refractivity contribution is 5.82. The summed E-state index contributed by atoms with van der Waals surface area (Å²) in [5, 5.41) is 0. The molecule has 0 spiro atoms. The van der Waals surface area contributed by atoms with Crippen molar-refractivity contribution in [2.45, 2.75) is 12.0 Å². The highest BCUT2D eigenvalue weighted by atomic mass is 16.5. The van der Waals surface area contributed by atoms with Crippen LogP contribution in [-0.2, 0) is 15.1 Å². The summed E-state index contributed by atoms with van der Waals surface area (Å²) in [7, 11) is 2.89. The van der Waals surface area contributed by atoms with Gasteiger partial charge in [-0.15, -0.1) is 6.58 Å². The third kappa shape index (κ3) is 2.65. The zero-order chi connectivity index (χ0) is 12.9. The number of hydrogen-bond acceptors (Lipinski definition) is 4. The normalized spacial score (nSPS) is 13.6. The molecule has 1 aromatic carbocycles. The quantitative estimate of drug-likeness (QED) is 0.622. The summed E-state index contributed by atoms with van der Waals surface area (Å²) >= 11 is 0. The SMILES string of the molecule is C=CCC(N)(C(=O)OC)c1ccc(OC)cc1. The van der Waals surface area contributed by atoms with Gasteiger partial charge in [0.05, 0.1) is 14.2 Å². The van der Waals surface area contributed by atoms with E-state index in [0.29, 0.717) is 17.7 Å². The number of carbonyl (C=O) groups excluding carboxylic acids is 1. The summed E-state index contributed by atoms with van der Waals surface area (Å²) in [6.45, 7) is 3.61. The summed E-state index contributed by atoms with van der Waals surface area (Å²) in [6.07, 6.45) is 1.91. The van der Waals surface area contributed by atoms with Crippen molar-refractivity contribution in [2.24, 2.45) is 5.73 Å². The van der Waals surface area contributed by atoms with Crippen LogP contribution in [0, 0.1) is 0 Å². The lowest BCUT2D eigenvalue weighted by molar-refractivity contribution is -0.147. The van der Waals surface area contributed by atoms with E-state index in [0.717, 1.165) is 0 Å². The predicted octanol–water partition coefficient (Wildman–Crippen LogP) is 1.60. The van der Waals surface area contributed by atoms with Gasteiger partial charge in [0.2, 0.25) is 0 Å².